The first-order valence-corrected chi connectivity index (χ1v) is 6.48. The Labute approximate surface area is 115 Å². The average Bonchev–Trinajstić information content (AvgIpc) is 2.84. The summed E-state index contributed by atoms with van der Waals surface area (Å²) in [6, 6.07) is 9.91. The molecule has 0 amide bonds. The maximum Gasteiger partial charge on any atom is 0.139 e. The number of aromatic amines is 1. The molecule has 3 heterocycles. The minimum Gasteiger partial charge on any atom is -0.497 e. The van der Waals surface area contributed by atoms with E-state index in [9.17, 15) is 0 Å². The molecule has 4 aromatic rings. The molecule has 1 N–H and O–H groups in total. The Morgan fingerprint density at radius 2 is 2.10 bits per heavy atom. The summed E-state index contributed by atoms with van der Waals surface area (Å²) in [6.07, 6.45) is 1.80. The fraction of sp³-hybridized carbons (Fsp3) is 0.125. The zero-order valence-corrected chi connectivity index (χ0v) is 11.3. The molecular formula is C16H13N3O. The van der Waals surface area contributed by atoms with Gasteiger partial charge in [-0.2, -0.15) is 0 Å². The first kappa shape index (κ1) is 11.2. The van der Waals surface area contributed by atoms with Gasteiger partial charge in [0.05, 0.1) is 18.1 Å². The van der Waals surface area contributed by atoms with Crippen LogP contribution in [0, 0.1) is 6.92 Å². The highest BCUT2D eigenvalue weighted by Gasteiger charge is 2.12. The van der Waals surface area contributed by atoms with Crippen molar-refractivity contribution in [3.8, 4) is 5.75 Å². The molecule has 98 valence electrons. The summed E-state index contributed by atoms with van der Waals surface area (Å²) < 4.78 is 5.32. The van der Waals surface area contributed by atoms with Crippen LogP contribution in [0.1, 0.15) is 5.56 Å². The Hall–Kier alpha value is -2.62. The monoisotopic (exact) mass is 263 g/mol. The van der Waals surface area contributed by atoms with Gasteiger partial charge in [-0.3, -0.25) is 4.98 Å². The molecule has 1 aromatic carbocycles. The topological polar surface area (TPSA) is 50.8 Å². The second kappa shape index (κ2) is 3.93. The Morgan fingerprint density at radius 3 is 2.95 bits per heavy atom. The van der Waals surface area contributed by atoms with Crippen LogP contribution in [-0.4, -0.2) is 22.1 Å². The van der Waals surface area contributed by atoms with E-state index in [1.165, 1.54) is 0 Å². The van der Waals surface area contributed by atoms with E-state index in [-0.39, 0.29) is 0 Å². The molecule has 0 spiro atoms. The van der Waals surface area contributed by atoms with Crippen molar-refractivity contribution in [3.05, 3.63) is 42.1 Å². The Bertz CT molecular complexity index is 956. The maximum absolute atomic E-state index is 5.32. The SMILES string of the molecule is COc1ccc2[nH]c3nc4cccnc4c(C)c3c2c1. The number of ether oxygens (including phenoxy) is 1. The number of aryl methyl sites for hydroxylation is 1. The highest BCUT2D eigenvalue weighted by Crippen LogP contribution is 2.32. The van der Waals surface area contributed by atoms with E-state index in [4.69, 9.17) is 4.74 Å². The fourth-order valence-corrected chi connectivity index (χ4v) is 2.76. The quantitative estimate of drug-likeness (QED) is 0.571. The normalized spacial score (nSPS) is 11.5. The van der Waals surface area contributed by atoms with Crippen molar-refractivity contribution >= 4 is 33.0 Å². The lowest BCUT2D eigenvalue weighted by Crippen LogP contribution is -1.88. The number of aromatic nitrogens is 3. The standard InChI is InChI=1S/C16H13N3O/c1-9-14-11-8-10(20-2)5-6-12(11)18-16(14)19-13-4-3-7-17-15(9)13/h3-8H,1-2H3,(H,18,19). The largest absolute Gasteiger partial charge is 0.497 e. The summed E-state index contributed by atoms with van der Waals surface area (Å²) >= 11 is 0. The first-order chi connectivity index (χ1) is 9.78. The first-order valence-electron chi connectivity index (χ1n) is 6.48. The molecule has 0 saturated heterocycles. The highest BCUT2D eigenvalue weighted by atomic mass is 16.5. The van der Waals surface area contributed by atoms with Crippen molar-refractivity contribution in [2.75, 3.05) is 7.11 Å². The van der Waals surface area contributed by atoms with Crippen LogP contribution < -0.4 is 4.74 Å². The lowest BCUT2D eigenvalue weighted by atomic mass is 10.1. The summed E-state index contributed by atoms with van der Waals surface area (Å²) in [6.45, 7) is 2.09. The van der Waals surface area contributed by atoms with Crippen molar-refractivity contribution in [1.29, 1.82) is 0 Å². The number of rotatable bonds is 1. The number of methoxy groups -OCH3 is 1. The summed E-state index contributed by atoms with van der Waals surface area (Å²) in [5.41, 5.74) is 4.96. The fourth-order valence-electron chi connectivity index (χ4n) is 2.76. The van der Waals surface area contributed by atoms with Crippen molar-refractivity contribution < 1.29 is 4.74 Å². The van der Waals surface area contributed by atoms with Gasteiger partial charge in [0.15, 0.2) is 0 Å². The number of pyridine rings is 2. The van der Waals surface area contributed by atoms with E-state index in [1.807, 2.05) is 30.3 Å². The molecule has 0 bridgehead atoms. The zero-order chi connectivity index (χ0) is 13.7. The van der Waals surface area contributed by atoms with Gasteiger partial charge in [-0.1, -0.05) is 0 Å². The Morgan fingerprint density at radius 1 is 1.20 bits per heavy atom. The molecule has 0 saturated carbocycles. The number of nitrogens with zero attached hydrogens (tertiary/aromatic N) is 2. The third-order valence-electron chi connectivity index (χ3n) is 3.73. The number of hydrogen-bond donors (Lipinski definition) is 1. The van der Waals surface area contributed by atoms with Gasteiger partial charge in [-0.25, -0.2) is 4.98 Å². The van der Waals surface area contributed by atoms with Gasteiger partial charge in [0.2, 0.25) is 0 Å². The second-order valence-electron chi connectivity index (χ2n) is 4.87. The third kappa shape index (κ3) is 1.42. The molecular weight excluding hydrogens is 250 g/mol. The predicted molar refractivity (Wildman–Crippen MR) is 80.2 cm³/mol. The van der Waals surface area contributed by atoms with Gasteiger partial charge in [0.25, 0.3) is 0 Å². The Balaban J connectivity index is 2.24. The molecule has 0 aliphatic rings. The summed E-state index contributed by atoms with van der Waals surface area (Å²) in [5.74, 6) is 0.846. The van der Waals surface area contributed by atoms with E-state index < -0.39 is 0 Å². The number of nitrogens with one attached hydrogen (secondary N) is 1. The average molecular weight is 263 g/mol. The number of hydrogen-bond acceptors (Lipinski definition) is 3. The van der Waals surface area contributed by atoms with Gasteiger partial charge in [0, 0.05) is 22.5 Å². The third-order valence-corrected chi connectivity index (χ3v) is 3.73. The van der Waals surface area contributed by atoms with Gasteiger partial charge in [-0.15, -0.1) is 0 Å². The van der Waals surface area contributed by atoms with Crippen LogP contribution in [0.3, 0.4) is 0 Å². The molecule has 0 unspecified atom stereocenters. The van der Waals surface area contributed by atoms with Crippen LogP contribution in [-0.2, 0) is 0 Å². The van der Waals surface area contributed by atoms with Gasteiger partial charge >= 0.3 is 0 Å². The molecule has 0 atom stereocenters. The zero-order valence-electron chi connectivity index (χ0n) is 11.3. The number of fused-ring (bicyclic) bond motifs is 4. The van der Waals surface area contributed by atoms with Crippen LogP contribution in [0.25, 0.3) is 33.0 Å². The van der Waals surface area contributed by atoms with E-state index in [2.05, 4.69) is 21.9 Å². The van der Waals surface area contributed by atoms with Gasteiger partial charge in [-0.05, 0) is 42.8 Å². The molecule has 0 radical (unpaired) electrons. The van der Waals surface area contributed by atoms with Crippen molar-refractivity contribution in [2.45, 2.75) is 6.92 Å². The lowest BCUT2D eigenvalue weighted by molar-refractivity contribution is 0.415. The molecule has 4 heteroatoms. The van der Waals surface area contributed by atoms with Crippen molar-refractivity contribution in [2.24, 2.45) is 0 Å². The van der Waals surface area contributed by atoms with Crippen LogP contribution >= 0.6 is 0 Å². The highest BCUT2D eigenvalue weighted by molar-refractivity contribution is 6.11. The summed E-state index contributed by atoms with van der Waals surface area (Å²) in [5, 5.41) is 2.24. The molecule has 4 rings (SSSR count). The molecule has 0 fully saturated rings. The minimum atomic E-state index is 0.846. The second-order valence-corrected chi connectivity index (χ2v) is 4.87. The van der Waals surface area contributed by atoms with Crippen LogP contribution in [0.15, 0.2) is 36.5 Å². The smallest absolute Gasteiger partial charge is 0.139 e. The molecule has 3 aromatic heterocycles. The lowest BCUT2D eigenvalue weighted by Gasteiger charge is -2.03. The van der Waals surface area contributed by atoms with E-state index in [0.29, 0.717) is 0 Å². The molecule has 0 aliphatic carbocycles. The van der Waals surface area contributed by atoms with E-state index in [0.717, 1.165) is 44.3 Å². The van der Waals surface area contributed by atoms with Crippen molar-refractivity contribution in [3.63, 3.8) is 0 Å². The van der Waals surface area contributed by atoms with Crippen LogP contribution in [0.4, 0.5) is 0 Å². The van der Waals surface area contributed by atoms with E-state index in [1.54, 1.807) is 13.3 Å². The molecule has 20 heavy (non-hydrogen) atoms. The van der Waals surface area contributed by atoms with Gasteiger partial charge in [0.1, 0.15) is 11.4 Å². The number of H-pyrrole nitrogens is 1. The predicted octanol–water partition coefficient (Wildman–Crippen LogP) is 3.58. The Kier molecular flexibility index (Phi) is 2.21. The molecule has 0 aliphatic heterocycles. The van der Waals surface area contributed by atoms with Crippen LogP contribution in [0.2, 0.25) is 0 Å². The number of benzene rings is 1. The molecule has 4 nitrogen and oxygen atoms in total. The minimum absolute atomic E-state index is 0.846. The maximum atomic E-state index is 5.32. The van der Waals surface area contributed by atoms with E-state index >= 15 is 0 Å². The summed E-state index contributed by atoms with van der Waals surface area (Å²) in [7, 11) is 1.68. The summed E-state index contributed by atoms with van der Waals surface area (Å²) in [4.78, 5) is 12.5. The van der Waals surface area contributed by atoms with Crippen molar-refractivity contribution in [1.82, 2.24) is 15.0 Å². The van der Waals surface area contributed by atoms with Gasteiger partial charge < -0.3 is 9.72 Å². The van der Waals surface area contributed by atoms with Crippen LogP contribution in [0.5, 0.6) is 5.75 Å².